The number of sulfonamides is 1. The van der Waals surface area contributed by atoms with Crippen molar-refractivity contribution >= 4 is 26.0 Å². The molecule has 6 nitrogen and oxygen atoms in total. The average Bonchev–Trinajstić information content (AvgIpc) is 3.07. The van der Waals surface area contributed by atoms with E-state index in [-0.39, 0.29) is 16.1 Å². The molecule has 0 aromatic carbocycles. The molecule has 0 unspecified atom stereocenters. The fourth-order valence-corrected chi connectivity index (χ4v) is 4.66. The molecule has 0 atom stereocenters. The molecule has 1 aromatic heterocycles. The molecule has 1 aliphatic rings. The van der Waals surface area contributed by atoms with Crippen molar-refractivity contribution in [1.29, 1.82) is 0 Å². The maximum absolute atomic E-state index is 12.2. The van der Waals surface area contributed by atoms with E-state index in [0.29, 0.717) is 24.9 Å². The molecule has 3 N–H and O–H groups in total. The van der Waals surface area contributed by atoms with Crippen LogP contribution in [0.2, 0.25) is 0 Å². The summed E-state index contributed by atoms with van der Waals surface area (Å²) < 4.78 is 32.5. The van der Waals surface area contributed by atoms with Crippen LogP contribution in [0.25, 0.3) is 0 Å². The second-order valence-corrected chi connectivity index (χ2v) is 7.83. The highest BCUT2D eigenvalue weighted by atomic mass is 79.9. The molecule has 0 bridgehead atoms. The molecular formula is C13H22BrN3O3S. The van der Waals surface area contributed by atoms with Crippen molar-refractivity contribution in [2.45, 2.75) is 43.2 Å². The fraction of sp³-hybridized carbons (Fsp3) is 0.692. The summed E-state index contributed by atoms with van der Waals surface area (Å²) in [5.41, 5.74) is 5.45. The van der Waals surface area contributed by atoms with Gasteiger partial charge >= 0.3 is 0 Å². The quantitative estimate of drug-likeness (QED) is 0.751. The standard InChI is InChI=1S/C13H22BrN3O3S/c1-17(10-4-2-3-5-10)7-6-16-21(18,19)12-8-11(9-15)20-13(12)14/h8,10,16H,2-7,9,15H2,1H3. The highest BCUT2D eigenvalue weighted by molar-refractivity contribution is 9.10. The zero-order valence-electron chi connectivity index (χ0n) is 12.1. The van der Waals surface area contributed by atoms with Crippen LogP contribution in [0.5, 0.6) is 0 Å². The Bertz CT molecular complexity index is 567. The van der Waals surface area contributed by atoms with Crippen LogP contribution in [0, 0.1) is 0 Å². The summed E-state index contributed by atoms with van der Waals surface area (Å²) >= 11 is 3.12. The van der Waals surface area contributed by atoms with Crippen LogP contribution in [0.3, 0.4) is 0 Å². The summed E-state index contributed by atoms with van der Waals surface area (Å²) in [5.74, 6) is 0.435. The maximum Gasteiger partial charge on any atom is 0.245 e. The number of rotatable bonds is 7. The largest absolute Gasteiger partial charge is 0.452 e. The Morgan fingerprint density at radius 1 is 1.48 bits per heavy atom. The Morgan fingerprint density at radius 3 is 2.71 bits per heavy atom. The van der Waals surface area contributed by atoms with Gasteiger partial charge in [0.25, 0.3) is 0 Å². The first kappa shape index (κ1) is 17.0. The molecule has 0 saturated heterocycles. The highest BCUT2D eigenvalue weighted by Gasteiger charge is 2.23. The lowest BCUT2D eigenvalue weighted by molar-refractivity contribution is 0.250. The highest BCUT2D eigenvalue weighted by Crippen LogP contribution is 2.26. The predicted molar refractivity (Wildman–Crippen MR) is 84.4 cm³/mol. The summed E-state index contributed by atoms with van der Waals surface area (Å²) in [6, 6.07) is 2.03. The first-order valence-corrected chi connectivity index (χ1v) is 9.40. The van der Waals surface area contributed by atoms with Gasteiger partial charge in [-0.25, -0.2) is 13.1 Å². The minimum Gasteiger partial charge on any atom is -0.452 e. The van der Waals surface area contributed by atoms with Crippen molar-refractivity contribution < 1.29 is 12.8 Å². The minimum atomic E-state index is -3.57. The summed E-state index contributed by atoms with van der Waals surface area (Å²) in [7, 11) is -1.53. The molecule has 0 aliphatic heterocycles. The Kier molecular flexibility index (Phi) is 5.84. The third-order valence-electron chi connectivity index (χ3n) is 3.90. The van der Waals surface area contributed by atoms with Crippen molar-refractivity contribution in [3.8, 4) is 0 Å². The molecule has 1 aromatic rings. The van der Waals surface area contributed by atoms with E-state index in [0.717, 1.165) is 0 Å². The number of nitrogens with one attached hydrogen (secondary N) is 1. The molecule has 1 aliphatic carbocycles. The number of furan rings is 1. The van der Waals surface area contributed by atoms with Crippen molar-refractivity contribution in [2.75, 3.05) is 20.1 Å². The average molecular weight is 380 g/mol. The normalized spacial score (nSPS) is 17.0. The van der Waals surface area contributed by atoms with E-state index >= 15 is 0 Å². The van der Waals surface area contributed by atoms with Gasteiger partial charge in [0.2, 0.25) is 10.0 Å². The summed E-state index contributed by atoms with van der Waals surface area (Å²) in [6.45, 7) is 1.24. The van der Waals surface area contributed by atoms with E-state index in [2.05, 4.69) is 25.6 Å². The monoisotopic (exact) mass is 379 g/mol. The van der Waals surface area contributed by atoms with Gasteiger partial charge in [0.05, 0.1) is 6.54 Å². The molecule has 0 radical (unpaired) electrons. The van der Waals surface area contributed by atoms with Gasteiger partial charge in [-0.15, -0.1) is 0 Å². The lowest BCUT2D eigenvalue weighted by Crippen LogP contribution is -2.37. The van der Waals surface area contributed by atoms with Crippen LogP contribution in [0.1, 0.15) is 31.4 Å². The number of hydrogen-bond donors (Lipinski definition) is 2. The summed E-state index contributed by atoms with van der Waals surface area (Å²) in [6.07, 6.45) is 4.95. The Balaban J connectivity index is 1.90. The number of nitrogens with two attached hydrogens (primary N) is 1. The number of nitrogens with zero attached hydrogens (tertiary/aromatic N) is 1. The van der Waals surface area contributed by atoms with E-state index in [1.807, 2.05) is 7.05 Å². The second kappa shape index (κ2) is 7.23. The Morgan fingerprint density at radius 2 is 2.14 bits per heavy atom. The first-order valence-electron chi connectivity index (χ1n) is 7.12. The summed E-state index contributed by atoms with van der Waals surface area (Å²) in [5, 5.41) is 0. The van der Waals surface area contributed by atoms with Crippen LogP contribution in [0.15, 0.2) is 20.0 Å². The Hall–Kier alpha value is -0.410. The Labute approximate surface area is 134 Å². The molecule has 1 heterocycles. The lowest BCUT2D eigenvalue weighted by atomic mass is 10.2. The van der Waals surface area contributed by atoms with E-state index in [9.17, 15) is 8.42 Å². The van der Waals surface area contributed by atoms with E-state index in [1.54, 1.807) is 0 Å². The molecule has 0 amide bonds. The SMILES string of the molecule is CN(CCNS(=O)(=O)c1cc(CN)oc1Br)C1CCCC1. The van der Waals surface area contributed by atoms with Crippen LogP contribution in [-0.4, -0.2) is 39.5 Å². The number of likely N-dealkylation sites (N-methyl/N-ethyl adjacent to an activating group) is 1. The third kappa shape index (κ3) is 4.29. The zero-order chi connectivity index (χ0) is 15.5. The molecule has 1 fully saturated rings. The fourth-order valence-electron chi connectivity index (χ4n) is 2.64. The molecule has 8 heteroatoms. The van der Waals surface area contributed by atoms with Gasteiger partial charge in [0.15, 0.2) is 4.67 Å². The second-order valence-electron chi connectivity index (χ2n) is 5.37. The van der Waals surface area contributed by atoms with Gasteiger partial charge < -0.3 is 15.1 Å². The first-order chi connectivity index (χ1) is 9.94. The van der Waals surface area contributed by atoms with Crippen molar-refractivity contribution in [3.05, 3.63) is 16.5 Å². The van der Waals surface area contributed by atoms with Crippen molar-refractivity contribution in [2.24, 2.45) is 5.73 Å². The van der Waals surface area contributed by atoms with Crippen molar-refractivity contribution in [1.82, 2.24) is 9.62 Å². The number of hydrogen-bond acceptors (Lipinski definition) is 5. The van der Waals surface area contributed by atoms with E-state index in [1.165, 1.54) is 31.7 Å². The van der Waals surface area contributed by atoms with Gasteiger partial charge in [-0.1, -0.05) is 12.8 Å². The zero-order valence-corrected chi connectivity index (χ0v) is 14.5. The van der Waals surface area contributed by atoms with Gasteiger partial charge in [0, 0.05) is 25.2 Å². The molecule has 21 heavy (non-hydrogen) atoms. The summed E-state index contributed by atoms with van der Waals surface area (Å²) in [4.78, 5) is 2.33. The van der Waals surface area contributed by atoms with Gasteiger partial charge in [-0.3, -0.25) is 0 Å². The lowest BCUT2D eigenvalue weighted by Gasteiger charge is -2.23. The van der Waals surface area contributed by atoms with Crippen LogP contribution in [-0.2, 0) is 16.6 Å². The molecule has 2 rings (SSSR count). The van der Waals surface area contributed by atoms with Crippen LogP contribution < -0.4 is 10.5 Å². The van der Waals surface area contributed by atoms with Crippen molar-refractivity contribution in [3.63, 3.8) is 0 Å². The third-order valence-corrected chi connectivity index (χ3v) is 6.22. The number of halogens is 1. The molecule has 120 valence electrons. The van der Waals surface area contributed by atoms with Crippen LogP contribution >= 0.6 is 15.9 Å². The topological polar surface area (TPSA) is 88.6 Å². The van der Waals surface area contributed by atoms with Gasteiger partial charge in [0.1, 0.15) is 10.7 Å². The molecular weight excluding hydrogens is 358 g/mol. The van der Waals surface area contributed by atoms with Crippen LogP contribution in [0.4, 0.5) is 0 Å². The maximum atomic E-state index is 12.2. The predicted octanol–water partition coefficient (Wildman–Crippen LogP) is 1.65. The van der Waals surface area contributed by atoms with Gasteiger partial charge in [-0.2, -0.15) is 0 Å². The minimum absolute atomic E-state index is 0.103. The smallest absolute Gasteiger partial charge is 0.245 e. The van der Waals surface area contributed by atoms with E-state index < -0.39 is 10.0 Å². The van der Waals surface area contributed by atoms with Gasteiger partial charge in [-0.05, 0) is 35.8 Å². The van der Waals surface area contributed by atoms with E-state index in [4.69, 9.17) is 10.2 Å². The molecule has 1 saturated carbocycles. The molecule has 0 spiro atoms.